The molecule has 0 aromatic heterocycles. The first-order chi connectivity index (χ1) is 12.7. The van der Waals surface area contributed by atoms with Gasteiger partial charge in [0.05, 0.1) is 6.54 Å². The van der Waals surface area contributed by atoms with Gasteiger partial charge in [-0.05, 0) is 5.56 Å². The van der Waals surface area contributed by atoms with E-state index in [9.17, 15) is 22.8 Å². The Labute approximate surface area is 153 Å². The lowest BCUT2D eigenvalue weighted by atomic mass is 10.1. The van der Waals surface area contributed by atoms with E-state index in [2.05, 4.69) is 4.99 Å². The van der Waals surface area contributed by atoms with Crippen LogP contribution in [-0.4, -0.2) is 34.4 Å². The Bertz CT molecular complexity index is 882. The lowest BCUT2D eigenvalue weighted by Gasteiger charge is -2.28. The van der Waals surface area contributed by atoms with Crippen LogP contribution in [0, 0.1) is 0 Å². The molecule has 1 heterocycles. The van der Waals surface area contributed by atoms with E-state index in [4.69, 9.17) is 0 Å². The molecule has 1 unspecified atom stereocenters. The molecular weight excluding hydrogens is 359 g/mol. The first-order valence-corrected chi connectivity index (χ1v) is 8.11. The fraction of sp³-hybridized carbons (Fsp3) is 0.211. The maximum absolute atomic E-state index is 13.9. The molecule has 1 atom stereocenters. The van der Waals surface area contributed by atoms with Gasteiger partial charge in [0.15, 0.2) is 0 Å². The third kappa shape index (κ3) is 3.42. The molecule has 0 saturated carbocycles. The molecule has 2 aromatic rings. The normalized spacial score (nSPS) is 19.8. The smallest absolute Gasteiger partial charge is 0.317 e. The SMILES string of the molecule is CC(=O)NC1(C(F)(F)F)N=C(c2ccccc2)N(Cc2ccccc2)C1=O. The lowest BCUT2D eigenvalue weighted by molar-refractivity contribution is -0.200. The number of alkyl halides is 3. The predicted octanol–water partition coefficient (Wildman–Crippen LogP) is 2.87. The van der Waals surface area contributed by atoms with Gasteiger partial charge in [0.1, 0.15) is 5.84 Å². The van der Waals surface area contributed by atoms with Crippen LogP contribution in [0.4, 0.5) is 13.2 Å². The summed E-state index contributed by atoms with van der Waals surface area (Å²) in [6, 6.07) is 16.7. The fourth-order valence-electron chi connectivity index (χ4n) is 2.87. The van der Waals surface area contributed by atoms with Gasteiger partial charge in [0.25, 0.3) is 5.91 Å². The van der Waals surface area contributed by atoms with Gasteiger partial charge in [-0.2, -0.15) is 13.2 Å². The molecule has 5 nitrogen and oxygen atoms in total. The van der Waals surface area contributed by atoms with E-state index in [0.29, 0.717) is 11.1 Å². The van der Waals surface area contributed by atoms with Crippen LogP contribution in [0.5, 0.6) is 0 Å². The summed E-state index contributed by atoms with van der Waals surface area (Å²) < 4.78 is 41.6. The van der Waals surface area contributed by atoms with Crippen LogP contribution >= 0.6 is 0 Å². The number of carbonyl (C=O) groups is 2. The summed E-state index contributed by atoms with van der Waals surface area (Å²) in [7, 11) is 0. The van der Waals surface area contributed by atoms with Crippen molar-refractivity contribution in [2.75, 3.05) is 0 Å². The minimum absolute atomic E-state index is 0.106. The van der Waals surface area contributed by atoms with E-state index in [-0.39, 0.29) is 12.4 Å². The zero-order chi connectivity index (χ0) is 19.7. The minimum Gasteiger partial charge on any atom is -0.317 e. The highest BCUT2D eigenvalue weighted by Gasteiger charge is 2.66. The van der Waals surface area contributed by atoms with E-state index in [1.54, 1.807) is 66.0 Å². The van der Waals surface area contributed by atoms with Crippen molar-refractivity contribution in [2.45, 2.75) is 25.3 Å². The van der Waals surface area contributed by atoms with E-state index >= 15 is 0 Å². The number of nitrogens with one attached hydrogen (secondary N) is 1. The largest absolute Gasteiger partial charge is 0.442 e. The summed E-state index contributed by atoms with van der Waals surface area (Å²) in [4.78, 5) is 29.0. The molecule has 3 rings (SSSR count). The molecule has 1 N–H and O–H groups in total. The average Bonchev–Trinajstić information content (AvgIpc) is 2.90. The molecule has 0 radical (unpaired) electrons. The first-order valence-electron chi connectivity index (χ1n) is 8.11. The first kappa shape index (κ1) is 18.6. The maximum atomic E-state index is 13.9. The second kappa shape index (κ2) is 6.86. The lowest BCUT2D eigenvalue weighted by Crippen LogP contribution is -2.62. The van der Waals surface area contributed by atoms with Crippen molar-refractivity contribution in [1.29, 1.82) is 0 Å². The molecule has 27 heavy (non-hydrogen) atoms. The van der Waals surface area contributed by atoms with Gasteiger partial charge in [-0.1, -0.05) is 60.7 Å². The van der Waals surface area contributed by atoms with Crippen molar-refractivity contribution in [3.05, 3.63) is 71.8 Å². The van der Waals surface area contributed by atoms with Crippen LogP contribution in [0.2, 0.25) is 0 Å². The monoisotopic (exact) mass is 375 g/mol. The minimum atomic E-state index is -5.10. The quantitative estimate of drug-likeness (QED) is 0.893. The van der Waals surface area contributed by atoms with Crippen molar-refractivity contribution in [3.8, 4) is 0 Å². The van der Waals surface area contributed by atoms with E-state index in [1.807, 2.05) is 0 Å². The van der Waals surface area contributed by atoms with Crippen LogP contribution in [0.3, 0.4) is 0 Å². The third-order valence-electron chi connectivity index (χ3n) is 4.07. The van der Waals surface area contributed by atoms with Gasteiger partial charge in [-0.25, -0.2) is 4.99 Å². The number of benzene rings is 2. The summed E-state index contributed by atoms with van der Waals surface area (Å²) in [6.45, 7) is 0.809. The topological polar surface area (TPSA) is 61.8 Å². The number of nitrogens with zero attached hydrogens (tertiary/aromatic N) is 2. The van der Waals surface area contributed by atoms with E-state index in [1.165, 1.54) is 0 Å². The molecule has 8 heteroatoms. The number of halogens is 3. The van der Waals surface area contributed by atoms with Crippen molar-refractivity contribution in [1.82, 2.24) is 10.2 Å². The molecule has 0 fully saturated rings. The van der Waals surface area contributed by atoms with E-state index < -0.39 is 23.7 Å². The zero-order valence-electron chi connectivity index (χ0n) is 14.3. The summed E-state index contributed by atoms with van der Waals surface area (Å²) in [5.74, 6) is -2.48. The van der Waals surface area contributed by atoms with Gasteiger partial charge >= 0.3 is 11.8 Å². The number of hydrogen-bond acceptors (Lipinski definition) is 3. The number of amides is 2. The molecule has 2 aromatic carbocycles. The van der Waals surface area contributed by atoms with Gasteiger partial charge in [0, 0.05) is 12.5 Å². The molecular formula is C19H16F3N3O2. The van der Waals surface area contributed by atoms with Crippen molar-refractivity contribution in [2.24, 2.45) is 4.99 Å². The number of aliphatic imine (C=N–C) groups is 1. The summed E-state index contributed by atoms with van der Waals surface area (Å²) in [5.41, 5.74) is -2.35. The molecule has 2 amide bonds. The Morgan fingerprint density at radius 3 is 2.15 bits per heavy atom. The van der Waals surface area contributed by atoms with Crippen LogP contribution in [0.25, 0.3) is 0 Å². The Morgan fingerprint density at radius 2 is 1.63 bits per heavy atom. The molecule has 140 valence electrons. The van der Waals surface area contributed by atoms with Gasteiger partial charge in [-0.15, -0.1) is 0 Å². The highest BCUT2D eigenvalue weighted by molar-refractivity contribution is 6.16. The Hall–Kier alpha value is -3.16. The van der Waals surface area contributed by atoms with Crippen LogP contribution in [0.1, 0.15) is 18.1 Å². The fourth-order valence-corrected chi connectivity index (χ4v) is 2.87. The Morgan fingerprint density at radius 1 is 1.07 bits per heavy atom. The second-order valence-electron chi connectivity index (χ2n) is 6.07. The van der Waals surface area contributed by atoms with Crippen molar-refractivity contribution in [3.63, 3.8) is 0 Å². The number of carbonyl (C=O) groups excluding carboxylic acids is 2. The Kier molecular flexibility index (Phi) is 4.73. The molecule has 0 bridgehead atoms. The number of hydrogen-bond donors (Lipinski definition) is 1. The highest BCUT2D eigenvalue weighted by Crippen LogP contribution is 2.38. The summed E-state index contributed by atoms with van der Waals surface area (Å²) >= 11 is 0. The summed E-state index contributed by atoms with van der Waals surface area (Å²) in [6.07, 6.45) is -5.10. The van der Waals surface area contributed by atoms with Crippen LogP contribution in [-0.2, 0) is 16.1 Å². The number of amidine groups is 1. The molecule has 0 saturated heterocycles. The predicted molar refractivity (Wildman–Crippen MR) is 92.6 cm³/mol. The maximum Gasteiger partial charge on any atom is 0.442 e. The second-order valence-corrected chi connectivity index (χ2v) is 6.07. The highest BCUT2D eigenvalue weighted by atomic mass is 19.4. The van der Waals surface area contributed by atoms with Crippen LogP contribution < -0.4 is 5.32 Å². The summed E-state index contributed by atoms with van der Waals surface area (Å²) in [5, 5.41) is 1.72. The van der Waals surface area contributed by atoms with Crippen molar-refractivity contribution < 1.29 is 22.8 Å². The average molecular weight is 375 g/mol. The third-order valence-corrected chi connectivity index (χ3v) is 4.07. The molecule has 0 aliphatic carbocycles. The zero-order valence-corrected chi connectivity index (χ0v) is 14.3. The molecule has 0 spiro atoms. The van der Waals surface area contributed by atoms with Crippen LogP contribution in [0.15, 0.2) is 65.7 Å². The number of rotatable bonds is 4. The van der Waals surface area contributed by atoms with Gasteiger partial charge < -0.3 is 5.32 Å². The standard InChI is InChI=1S/C19H16F3N3O2/c1-13(26)23-18(19(20,21)22)17(27)25(12-14-8-4-2-5-9-14)16(24-18)15-10-6-3-7-11-15/h2-11H,12H2,1H3,(H,23,26). The van der Waals surface area contributed by atoms with Crippen molar-refractivity contribution >= 4 is 17.6 Å². The molecule has 1 aliphatic rings. The Balaban J connectivity index is 2.13. The van der Waals surface area contributed by atoms with Gasteiger partial charge in [-0.3, -0.25) is 14.5 Å². The van der Waals surface area contributed by atoms with Gasteiger partial charge in [0.2, 0.25) is 5.91 Å². The van der Waals surface area contributed by atoms with E-state index in [0.717, 1.165) is 11.8 Å². The molecule has 1 aliphatic heterocycles.